The highest BCUT2D eigenvalue weighted by atomic mass is 31.2. The summed E-state index contributed by atoms with van der Waals surface area (Å²) in [6, 6.07) is 7.20. The number of aliphatic hydroxyl groups excluding tert-OH is 1. The summed E-state index contributed by atoms with van der Waals surface area (Å²) < 4.78 is 36.7. The molecular formula is C22H30N3O9P. The van der Waals surface area contributed by atoms with Crippen molar-refractivity contribution in [2.24, 2.45) is 0 Å². The van der Waals surface area contributed by atoms with E-state index in [1.807, 2.05) is 0 Å². The molecule has 0 amide bonds. The molecule has 1 aromatic heterocycles. The molecule has 0 aliphatic carbocycles. The first-order valence-corrected chi connectivity index (χ1v) is 12.6. The Labute approximate surface area is 201 Å². The van der Waals surface area contributed by atoms with E-state index in [2.05, 4.69) is 10.1 Å². The summed E-state index contributed by atoms with van der Waals surface area (Å²) in [5.41, 5.74) is -0.897. The van der Waals surface area contributed by atoms with Crippen LogP contribution in [0.3, 0.4) is 0 Å². The summed E-state index contributed by atoms with van der Waals surface area (Å²) in [6.07, 6.45) is -1.90. The Morgan fingerprint density at radius 3 is 2.63 bits per heavy atom. The van der Waals surface area contributed by atoms with Crippen LogP contribution in [0.4, 0.5) is 0 Å². The van der Waals surface area contributed by atoms with Gasteiger partial charge >= 0.3 is 19.4 Å². The number of benzene rings is 1. The lowest BCUT2D eigenvalue weighted by atomic mass is 10.2. The minimum atomic E-state index is -4.15. The van der Waals surface area contributed by atoms with Crippen LogP contribution in [0.25, 0.3) is 0 Å². The summed E-state index contributed by atoms with van der Waals surface area (Å²) in [5, 5.41) is 13.0. The Morgan fingerprint density at radius 1 is 1.29 bits per heavy atom. The van der Waals surface area contributed by atoms with E-state index in [1.165, 1.54) is 24.6 Å². The first-order valence-electron chi connectivity index (χ1n) is 11.1. The maximum absolute atomic E-state index is 13.5. The number of carbonyl (C=O) groups is 1. The lowest BCUT2D eigenvalue weighted by molar-refractivity contribution is -0.149. The van der Waals surface area contributed by atoms with Crippen LogP contribution in [0.15, 0.2) is 46.1 Å². The van der Waals surface area contributed by atoms with Crippen LogP contribution in [0, 0.1) is 6.92 Å². The van der Waals surface area contributed by atoms with Crippen LogP contribution in [0.2, 0.25) is 0 Å². The van der Waals surface area contributed by atoms with Gasteiger partial charge in [-0.25, -0.2) is 9.36 Å². The number of para-hydroxylation sites is 1. The minimum Gasteiger partial charge on any atom is -0.462 e. The van der Waals surface area contributed by atoms with Gasteiger partial charge in [0.1, 0.15) is 24.1 Å². The van der Waals surface area contributed by atoms with Crippen molar-refractivity contribution < 1.29 is 33.0 Å². The van der Waals surface area contributed by atoms with E-state index in [9.17, 15) is 24.1 Å². The smallest absolute Gasteiger partial charge is 0.459 e. The van der Waals surface area contributed by atoms with E-state index in [1.54, 1.807) is 44.2 Å². The zero-order valence-corrected chi connectivity index (χ0v) is 20.8. The standard InChI is InChI=1S/C22H30N3O9P/c1-13(2)32-21(28)15(4)24-35(30,34-16-8-6-5-7-9-16)31-12-18-17(26)10-19(33-18)25-11-14(3)20(27)23-22(25)29/h5-9,11,13,15,17-19,26H,10,12H2,1-4H3,(H,24,30)(H,23,27,29)/t15-,17+,18?,19+,35?/m0/s1. The molecule has 0 spiro atoms. The first kappa shape index (κ1) is 26.8. The largest absolute Gasteiger partial charge is 0.462 e. The molecule has 5 atom stereocenters. The van der Waals surface area contributed by atoms with Gasteiger partial charge in [0.25, 0.3) is 5.56 Å². The lowest BCUT2D eigenvalue weighted by Gasteiger charge is -2.25. The molecule has 1 fully saturated rings. The molecule has 35 heavy (non-hydrogen) atoms. The van der Waals surface area contributed by atoms with Crippen molar-refractivity contribution >= 4 is 13.7 Å². The van der Waals surface area contributed by atoms with E-state index in [0.29, 0.717) is 5.56 Å². The summed E-state index contributed by atoms with van der Waals surface area (Å²) in [7, 11) is -4.15. The fourth-order valence-electron chi connectivity index (χ4n) is 3.34. The molecule has 1 aromatic carbocycles. The molecule has 1 aliphatic heterocycles. The SMILES string of the molecule is Cc1cn([C@H]2C[C@@H](O)C(COP(=O)(N[C@@H](C)C(=O)OC(C)C)Oc3ccccc3)O2)c(=O)[nH]c1=O. The summed E-state index contributed by atoms with van der Waals surface area (Å²) >= 11 is 0. The number of ether oxygens (including phenoxy) is 2. The Bertz CT molecular complexity index is 1180. The van der Waals surface area contributed by atoms with E-state index in [-0.39, 0.29) is 24.9 Å². The molecule has 2 heterocycles. The molecular weight excluding hydrogens is 481 g/mol. The number of carbonyl (C=O) groups excluding carboxylic acids is 1. The van der Waals surface area contributed by atoms with Crippen molar-refractivity contribution in [3.05, 3.63) is 62.9 Å². The fourth-order valence-corrected chi connectivity index (χ4v) is 4.84. The summed E-state index contributed by atoms with van der Waals surface area (Å²) in [5.74, 6) is -0.417. The van der Waals surface area contributed by atoms with Gasteiger partial charge in [0.15, 0.2) is 0 Å². The molecule has 3 rings (SSSR count). The molecule has 1 saturated heterocycles. The number of nitrogens with zero attached hydrogens (tertiary/aromatic N) is 1. The molecule has 12 nitrogen and oxygen atoms in total. The monoisotopic (exact) mass is 511 g/mol. The van der Waals surface area contributed by atoms with Crippen LogP contribution in [-0.2, 0) is 23.4 Å². The number of rotatable bonds is 10. The Hall–Kier alpha value is -2.76. The van der Waals surface area contributed by atoms with Gasteiger partial charge < -0.3 is 19.1 Å². The van der Waals surface area contributed by atoms with E-state index in [0.717, 1.165) is 0 Å². The van der Waals surface area contributed by atoms with Crippen molar-refractivity contribution in [2.45, 2.75) is 64.7 Å². The van der Waals surface area contributed by atoms with Gasteiger partial charge in [-0.05, 0) is 39.8 Å². The van der Waals surface area contributed by atoms with Gasteiger partial charge in [0.2, 0.25) is 0 Å². The molecule has 2 unspecified atom stereocenters. The van der Waals surface area contributed by atoms with Crippen LogP contribution in [0.5, 0.6) is 5.75 Å². The molecule has 13 heteroatoms. The number of aromatic nitrogens is 2. The third-order valence-corrected chi connectivity index (χ3v) is 6.74. The lowest BCUT2D eigenvalue weighted by Crippen LogP contribution is -2.37. The number of aliphatic hydroxyl groups is 1. The van der Waals surface area contributed by atoms with E-state index in [4.69, 9.17) is 18.5 Å². The molecule has 0 bridgehead atoms. The van der Waals surface area contributed by atoms with Crippen LogP contribution >= 0.6 is 7.75 Å². The highest BCUT2D eigenvalue weighted by molar-refractivity contribution is 7.52. The van der Waals surface area contributed by atoms with Crippen LogP contribution < -0.4 is 20.9 Å². The normalized spacial score (nSPS) is 22.5. The topological polar surface area (TPSA) is 158 Å². The third-order valence-electron chi connectivity index (χ3n) is 5.10. The number of hydrogen-bond donors (Lipinski definition) is 3. The maximum Gasteiger partial charge on any atom is 0.459 e. The van der Waals surface area contributed by atoms with E-state index < -0.39 is 49.4 Å². The number of aromatic amines is 1. The minimum absolute atomic E-state index is 0.0355. The number of nitrogens with one attached hydrogen (secondary N) is 2. The van der Waals surface area contributed by atoms with Crippen molar-refractivity contribution in [3.63, 3.8) is 0 Å². The molecule has 192 valence electrons. The van der Waals surface area contributed by atoms with Gasteiger partial charge in [-0.15, -0.1) is 0 Å². The van der Waals surface area contributed by atoms with E-state index >= 15 is 0 Å². The van der Waals surface area contributed by atoms with Gasteiger partial charge in [-0.2, -0.15) is 5.09 Å². The average Bonchev–Trinajstić information content (AvgIpc) is 3.15. The molecule has 0 saturated carbocycles. The number of esters is 1. The second-order valence-electron chi connectivity index (χ2n) is 8.44. The highest BCUT2D eigenvalue weighted by Gasteiger charge is 2.39. The fraction of sp³-hybridized carbons (Fsp3) is 0.500. The second kappa shape index (κ2) is 11.3. The van der Waals surface area contributed by atoms with Crippen molar-refractivity contribution in [3.8, 4) is 5.75 Å². The predicted octanol–water partition coefficient (Wildman–Crippen LogP) is 1.63. The highest BCUT2D eigenvalue weighted by Crippen LogP contribution is 2.45. The zero-order valence-electron chi connectivity index (χ0n) is 19.9. The van der Waals surface area contributed by atoms with Crippen LogP contribution in [0.1, 0.15) is 39.0 Å². The van der Waals surface area contributed by atoms with Crippen molar-refractivity contribution in [2.75, 3.05) is 6.61 Å². The number of aryl methyl sites for hydroxylation is 1. The van der Waals surface area contributed by atoms with Gasteiger partial charge in [-0.1, -0.05) is 18.2 Å². The molecule has 1 aliphatic rings. The zero-order chi connectivity index (χ0) is 25.8. The Balaban J connectivity index is 1.73. The summed E-state index contributed by atoms with van der Waals surface area (Å²) in [4.78, 5) is 38.2. The van der Waals surface area contributed by atoms with Gasteiger partial charge in [0, 0.05) is 18.2 Å². The Morgan fingerprint density at radius 2 is 1.97 bits per heavy atom. The van der Waals surface area contributed by atoms with Crippen molar-refractivity contribution in [1.29, 1.82) is 0 Å². The quantitative estimate of drug-likeness (QED) is 0.316. The summed E-state index contributed by atoms with van der Waals surface area (Å²) in [6.45, 7) is 5.99. The maximum atomic E-state index is 13.5. The first-order chi connectivity index (χ1) is 16.5. The second-order valence-corrected chi connectivity index (χ2v) is 10.1. The number of hydrogen-bond acceptors (Lipinski definition) is 9. The van der Waals surface area contributed by atoms with Gasteiger partial charge in [-0.3, -0.25) is 23.7 Å². The average molecular weight is 511 g/mol. The molecule has 0 radical (unpaired) electrons. The van der Waals surface area contributed by atoms with Crippen LogP contribution in [-0.4, -0.2) is 51.6 Å². The van der Waals surface area contributed by atoms with Crippen molar-refractivity contribution in [1.82, 2.24) is 14.6 Å². The predicted molar refractivity (Wildman–Crippen MR) is 125 cm³/mol. The Kier molecular flexibility index (Phi) is 8.68. The number of H-pyrrole nitrogens is 1. The third kappa shape index (κ3) is 7.12. The molecule has 2 aromatic rings. The van der Waals surface area contributed by atoms with Gasteiger partial charge in [0.05, 0.1) is 18.8 Å². The molecule has 3 N–H and O–H groups in total.